The molecule has 0 aliphatic heterocycles. The number of hydrogen-bond donors (Lipinski definition) is 1. The molecule has 1 unspecified atom stereocenters. The summed E-state index contributed by atoms with van der Waals surface area (Å²) in [5.41, 5.74) is 0.202. The summed E-state index contributed by atoms with van der Waals surface area (Å²) in [6.07, 6.45) is 2.12. The molecule has 0 aromatic heterocycles. The zero-order chi connectivity index (χ0) is 15.6. The molecule has 6 nitrogen and oxygen atoms in total. The molecule has 0 spiro atoms. The minimum absolute atomic E-state index is 0.124. The third-order valence-electron chi connectivity index (χ3n) is 3.09. The quantitative estimate of drug-likeness (QED) is 0.817. The first kappa shape index (κ1) is 15.5. The van der Waals surface area contributed by atoms with Gasteiger partial charge in [0.25, 0.3) is 5.91 Å². The smallest absolute Gasteiger partial charge is 0.338 e. The van der Waals surface area contributed by atoms with Crippen molar-refractivity contribution in [3.8, 4) is 0 Å². The Kier molecular flexibility index (Phi) is 4.32. The van der Waals surface area contributed by atoms with Crippen LogP contribution in [0.2, 0.25) is 0 Å². The fourth-order valence-corrected chi connectivity index (χ4v) is 2.30. The second-order valence-corrected chi connectivity index (χ2v) is 7.14. The molecule has 1 saturated carbocycles. The average molecular weight is 311 g/mol. The third-order valence-corrected chi connectivity index (χ3v) is 4.22. The Balaban J connectivity index is 1.97. The van der Waals surface area contributed by atoms with Gasteiger partial charge >= 0.3 is 5.97 Å². The van der Waals surface area contributed by atoms with Crippen molar-refractivity contribution in [3.63, 3.8) is 0 Å². The lowest BCUT2D eigenvalue weighted by molar-refractivity contribution is -0.129. The van der Waals surface area contributed by atoms with Crippen molar-refractivity contribution in [1.82, 2.24) is 5.32 Å². The summed E-state index contributed by atoms with van der Waals surface area (Å²) in [6.45, 7) is 1.50. The number of ether oxygens (including phenoxy) is 1. The summed E-state index contributed by atoms with van der Waals surface area (Å²) in [5, 5.41) is 2.74. The number of hydrogen-bond acceptors (Lipinski definition) is 5. The predicted molar refractivity (Wildman–Crippen MR) is 75.6 cm³/mol. The molecule has 0 bridgehead atoms. The van der Waals surface area contributed by atoms with E-state index in [1.165, 1.54) is 31.2 Å². The molecular formula is C14H17NO5S. The lowest BCUT2D eigenvalue weighted by Gasteiger charge is -2.13. The number of carbonyl (C=O) groups is 2. The van der Waals surface area contributed by atoms with Crippen molar-refractivity contribution in [1.29, 1.82) is 0 Å². The Morgan fingerprint density at radius 3 is 2.29 bits per heavy atom. The Morgan fingerprint density at radius 2 is 1.81 bits per heavy atom. The molecule has 1 aliphatic rings. The fourth-order valence-electron chi connectivity index (χ4n) is 1.67. The number of benzene rings is 1. The topological polar surface area (TPSA) is 89.5 Å². The molecule has 0 saturated heterocycles. The molecule has 1 aromatic carbocycles. The van der Waals surface area contributed by atoms with Gasteiger partial charge in [-0.3, -0.25) is 4.79 Å². The van der Waals surface area contributed by atoms with E-state index in [0.717, 1.165) is 19.1 Å². The molecule has 0 heterocycles. The van der Waals surface area contributed by atoms with Gasteiger partial charge in [0.1, 0.15) is 0 Å². The first-order chi connectivity index (χ1) is 9.77. The summed E-state index contributed by atoms with van der Waals surface area (Å²) >= 11 is 0. The average Bonchev–Trinajstić information content (AvgIpc) is 3.21. The molecule has 114 valence electrons. The van der Waals surface area contributed by atoms with E-state index in [4.69, 9.17) is 4.74 Å². The summed E-state index contributed by atoms with van der Waals surface area (Å²) < 4.78 is 27.7. The van der Waals surface area contributed by atoms with Crippen LogP contribution in [0.5, 0.6) is 0 Å². The van der Waals surface area contributed by atoms with E-state index in [0.29, 0.717) is 0 Å². The number of esters is 1. The molecule has 1 amide bonds. The molecular weight excluding hydrogens is 294 g/mol. The Labute approximate surface area is 123 Å². The number of sulfone groups is 1. The minimum atomic E-state index is -3.30. The van der Waals surface area contributed by atoms with Crippen LogP contribution < -0.4 is 5.32 Å². The van der Waals surface area contributed by atoms with E-state index in [1.807, 2.05) is 0 Å². The third kappa shape index (κ3) is 4.29. The van der Waals surface area contributed by atoms with Gasteiger partial charge < -0.3 is 10.1 Å². The van der Waals surface area contributed by atoms with Crippen LogP contribution in [0.3, 0.4) is 0 Å². The maximum atomic E-state index is 11.9. The summed E-state index contributed by atoms with van der Waals surface area (Å²) in [4.78, 5) is 23.7. The van der Waals surface area contributed by atoms with Crippen LogP contribution in [0, 0.1) is 0 Å². The van der Waals surface area contributed by atoms with Crippen LogP contribution in [0.25, 0.3) is 0 Å². The van der Waals surface area contributed by atoms with E-state index in [1.54, 1.807) is 0 Å². The zero-order valence-electron chi connectivity index (χ0n) is 11.8. The largest absolute Gasteiger partial charge is 0.449 e. The van der Waals surface area contributed by atoms with E-state index < -0.39 is 21.9 Å². The molecule has 2 rings (SSSR count). The van der Waals surface area contributed by atoms with E-state index in [9.17, 15) is 18.0 Å². The highest BCUT2D eigenvalue weighted by Gasteiger charge is 2.27. The lowest BCUT2D eigenvalue weighted by Crippen LogP contribution is -2.37. The second kappa shape index (κ2) is 5.85. The first-order valence-electron chi connectivity index (χ1n) is 6.59. The van der Waals surface area contributed by atoms with Crippen LogP contribution in [0.15, 0.2) is 29.2 Å². The van der Waals surface area contributed by atoms with E-state index in [-0.39, 0.29) is 22.4 Å². The summed E-state index contributed by atoms with van der Waals surface area (Å²) in [6, 6.07) is 5.60. The second-order valence-electron chi connectivity index (χ2n) is 5.13. The van der Waals surface area contributed by atoms with Gasteiger partial charge in [-0.05, 0) is 44.0 Å². The molecule has 1 N–H and O–H groups in total. The Hall–Kier alpha value is -1.89. The minimum Gasteiger partial charge on any atom is -0.449 e. The van der Waals surface area contributed by atoms with E-state index in [2.05, 4.69) is 5.32 Å². The van der Waals surface area contributed by atoms with Gasteiger partial charge in [0.2, 0.25) is 0 Å². The van der Waals surface area contributed by atoms with Gasteiger partial charge in [-0.1, -0.05) is 0 Å². The highest BCUT2D eigenvalue weighted by atomic mass is 32.2. The van der Waals surface area contributed by atoms with Crippen LogP contribution >= 0.6 is 0 Å². The standard InChI is InChI=1S/C14H17NO5S/c1-9(13(16)15-11-5-6-11)20-14(17)10-3-7-12(8-4-10)21(2,18)19/h3-4,7-9,11H,5-6H2,1-2H3,(H,15,16). The van der Waals surface area contributed by atoms with Gasteiger partial charge in [-0.15, -0.1) is 0 Å². The lowest BCUT2D eigenvalue weighted by atomic mass is 10.2. The van der Waals surface area contributed by atoms with Crippen molar-refractivity contribution < 1.29 is 22.7 Å². The molecule has 1 atom stereocenters. The molecule has 1 aliphatic carbocycles. The maximum absolute atomic E-state index is 11.9. The normalized spacial score (nSPS) is 16.1. The highest BCUT2D eigenvalue weighted by molar-refractivity contribution is 7.90. The van der Waals surface area contributed by atoms with Crippen molar-refractivity contribution in [2.24, 2.45) is 0 Å². The van der Waals surface area contributed by atoms with Crippen LogP contribution in [-0.4, -0.2) is 38.7 Å². The zero-order valence-corrected chi connectivity index (χ0v) is 12.6. The van der Waals surface area contributed by atoms with E-state index >= 15 is 0 Å². The van der Waals surface area contributed by atoms with Crippen LogP contribution in [0.4, 0.5) is 0 Å². The summed E-state index contributed by atoms with van der Waals surface area (Å²) in [5.74, 6) is -0.980. The molecule has 7 heteroatoms. The Bertz CT molecular complexity index is 646. The monoisotopic (exact) mass is 311 g/mol. The molecule has 21 heavy (non-hydrogen) atoms. The number of rotatable bonds is 5. The molecule has 0 radical (unpaired) electrons. The maximum Gasteiger partial charge on any atom is 0.338 e. The predicted octanol–water partition coefficient (Wildman–Crippen LogP) is 0.914. The van der Waals surface area contributed by atoms with Crippen LogP contribution in [-0.2, 0) is 19.4 Å². The first-order valence-corrected chi connectivity index (χ1v) is 8.48. The highest BCUT2D eigenvalue weighted by Crippen LogP contribution is 2.19. The number of carbonyl (C=O) groups excluding carboxylic acids is 2. The van der Waals surface area contributed by atoms with Gasteiger partial charge in [0.15, 0.2) is 15.9 Å². The van der Waals surface area contributed by atoms with Crippen molar-refractivity contribution >= 4 is 21.7 Å². The number of amides is 1. The fraction of sp³-hybridized carbons (Fsp3) is 0.429. The van der Waals surface area contributed by atoms with Crippen molar-refractivity contribution in [2.45, 2.75) is 36.8 Å². The summed E-state index contributed by atoms with van der Waals surface area (Å²) in [7, 11) is -3.30. The van der Waals surface area contributed by atoms with Crippen LogP contribution in [0.1, 0.15) is 30.1 Å². The van der Waals surface area contributed by atoms with Crippen molar-refractivity contribution in [3.05, 3.63) is 29.8 Å². The van der Waals surface area contributed by atoms with Gasteiger partial charge in [0.05, 0.1) is 10.5 Å². The number of nitrogens with one attached hydrogen (secondary N) is 1. The van der Waals surface area contributed by atoms with Gasteiger partial charge in [-0.2, -0.15) is 0 Å². The van der Waals surface area contributed by atoms with Gasteiger partial charge in [-0.25, -0.2) is 13.2 Å². The van der Waals surface area contributed by atoms with Gasteiger partial charge in [0, 0.05) is 12.3 Å². The SMILES string of the molecule is CC(OC(=O)c1ccc(S(C)(=O)=O)cc1)C(=O)NC1CC1. The molecule has 1 fully saturated rings. The molecule has 1 aromatic rings. The van der Waals surface area contributed by atoms with Crippen molar-refractivity contribution in [2.75, 3.05) is 6.26 Å². The Morgan fingerprint density at radius 1 is 1.24 bits per heavy atom.